The van der Waals surface area contributed by atoms with Crippen LogP contribution < -0.4 is 5.32 Å². The lowest BCUT2D eigenvalue weighted by Crippen LogP contribution is -2.18. The second-order valence-electron chi connectivity index (χ2n) is 4.43. The first kappa shape index (κ1) is 8.06. The van der Waals surface area contributed by atoms with Crippen molar-refractivity contribution < 1.29 is 0 Å². The zero-order chi connectivity index (χ0) is 7.61. The predicted molar refractivity (Wildman–Crippen MR) is 45.0 cm³/mol. The van der Waals surface area contributed by atoms with Crippen LogP contribution in [0.25, 0.3) is 0 Å². The van der Waals surface area contributed by atoms with Crippen molar-refractivity contribution in [3.63, 3.8) is 0 Å². The molecule has 0 radical (unpaired) electrons. The Kier molecular flexibility index (Phi) is 2.35. The fourth-order valence-corrected chi connectivity index (χ4v) is 1.89. The highest BCUT2D eigenvalue weighted by Crippen LogP contribution is 2.30. The minimum absolute atomic E-state index is 0.572. The molecule has 1 fully saturated rings. The number of rotatable bonds is 0. The second-order valence-corrected chi connectivity index (χ2v) is 4.43. The summed E-state index contributed by atoms with van der Waals surface area (Å²) in [5.41, 5.74) is 0.572. The van der Waals surface area contributed by atoms with Crippen LogP contribution in [-0.2, 0) is 0 Å². The van der Waals surface area contributed by atoms with Gasteiger partial charge in [-0.3, -0.25) is 0 Å². The Balaban J connectivity index is 2.46. The first-order chi connectivity index (χ1) is 4.60. The van der Waals surface area contributed by atoms with Crippen molar-refractivity contribution in [1.82, 2.24) is 5.32 Å². The van der Waals surface area contributed by atoms with Crippen LogP contribution in [0.15, 0.2) is 0 Å². The van der Waals surface area contributed by atoms with Crippen molar-refractivity contribution in [3.8, 4) is 0 Å². The summed E-state index contributed by atoms with van der Waals surface area (Å²) >= 11 is 0. The van der Waals surface area contributed by atoms with Gasteiger partial charge in [0.15, 0.2) is 0 Å². The average molecular weight is 141 g/mol. The molecule has 1 saturated heterocycles. The third-order valence-corrected chi connectivity index (χ3v) is 2.37. The van der Waals surface area contributed by atoms with Crippen LogP contribution in [0.4, 0.5) is 0 Å². The molecule has 60 valence electrons. The normalized spacial score (nSPS) is 33.3. The Bertz CT molecular complexity index is 107. The van der Waals surface area contributed by atoms with Crippen LogP contribution in [0.1, 0.15) is 33.6 Å². The molecule has 1 aliphatic rings. The molecule has 1 N–H and O–H groups in total. The summed E-state index contributed by atoms with van der Waals surface area (Å²) in [5.74, 6) is 0.859. The molecule has 0 saturated carbocycles. The topological polar surface area (TPSA) is 12.0 Å². The average Bonchev–Trinajstić information content (AvgIpc) is 1.90. The highest BCUT2D eigenvalue weighted by Gasteiger charge is 2.22. The van der Waals surface area contributed by atoms with Gasteiger partial charge >= 0.3 is 0 Å². The largest absolute Gasteiger partial charge is 0.316 e. The van der Waals surface area contributed by atoms with Gasteiger partial charge in [0.05, 0.1) is 0 Å². The summed E-state index contributed by atoms with van der Waals surface area (Å²) in [6.45, 7) is 9.49. The van der Waals surface area contributed by atoms with Crippen molar-refractivity contribution in [3.05, 3.63) is 0 Å². The molecule has 1 unspecified atom stereocenters. The lowest BCUT2D eigenvalue weighted by atomic mass is 9.82. The van der Waals surface area contributed by atoms with Crippen molar-refractivity contribution in [2.24, 2.45) is 11.3 Å². The highest BCUT2D eigenvalue weighted by molar-refractivity contribution is 4.77. The van der Waals surface area contributed by atoms with E-state index in [1.54, 1.807) is 0 Å². The third-order valence-electron chi connectivity index (χ3n) is 2.37. The maximum absolute atomic E-state index is 3.45. The Hall–Kier alpha value is -0.0400. The van der Waals surface area contributed by atoms with Crippen LogP contribution in [0.5, 0.6) is 0 Å². The van der Waals surface area contributed by atoms with E-state index in [0.717, 1.165) is 5.92 Å². The van der Waals surface area contributed by atoms with Crippen molar-refractivity contribution in [2.75, 3.05) is 13.1 Å². The van der Waals surface area contributed by atoms with Crippen LogP contribution in [0, 0.1) is 11.3 Å². The molecule has 1 heterocycles. The quantitative estimate of drug-likeness (QED) is 0.544. The van der Waals surface area contributed by atoms with Crippen molar-refractivity contribution in [1.29, 1.82) is 0 Å². The molecule has 0 aromatic rings. The van der Waals surface area contributed by atoms with E-state index in [9.17, 15) is 0 Å². The molecule has 1 nitrogen and oxygen atoms in total. The van der Waals surface area contributed by atoms with Crippen LogP contribution >= 0.6 is 0 Å². The molecule has 0 aromatic carbocycles. The van der Waals surface area contributed by atoms with Crippen molar-refractivity contribution in [2.45, 2.75) is 33.6 Å². The molecule has 1 atom stereocenters. The van der Waals surface area contributed by atoms with Gasteiger partial charge in [0.25, 0.3) is 0 Å². The molecular formula is C9H19N. The molecule has 0 aromatic heterocycles. The third kappa shape index (κ3) is 2.30. The van der Waals surface area contributed by atoms with E-state index >= 15 is 0 Å². The van der Waals surface area contributed by atoms with E-state index in [1.807, 2.05) is 0 Å². The minimum Gasteiger partial charge on any atom is -0.316 e. The summed E-state index contributed by atoms with van der Waals surface area (Å²) in [6, 6.07) is 0. The summed E-state index contributed by atoms with van der Waals surface area (Å²) in [4.78, 5) is 0. The first-order valence-electron chi connectivity index (χ1n) is 4.31. The summed E-state index contributed by atoms with van der Waals surface area (Å²) < 4.78 is 0. The molecule has 0 amide bonds. The van der Waals surface area contributed by atoms with Gasteiger partial charge in [0, 0.05) is 0 Å². The van der Waals surface area contributed by atoms with E-state index in [-0.39, 0.29) is 0 Å². The number of hydrogen-bond donors (Lipinski definition) is 1. The van der Waals surface area contributed by atoms with Gasteiger partial charge in [-0.25, -0.2) is 0 Å². The number of nitrogens with one attached hydrogen (secondary N) is 1. The molecule has 1 rings (SSSR count). The monoisotopic (exact) mass is 141 g/mol. The van der Waals surface area contributed by atoms with E-state index in [1.165, 1.54) is 25.9 Å². The predicted octanol–water partition coefficient (Wildman–Crippen LogP) is 2.03. The van der Waals surface area contributed by atoms with Gasteiger partial charge in [-0.1, -0.05) is 20.8 Å². The summed E-state index contributed by atoms with van der Waals surface area (Å²) in [6.07, 6.45) is 2.71. The van der Waals surface area contributed by atoms with Gasteiger partial charge < -0.3 is 5.32 Å². The van der Waals surface area contributed by atoms with Crippen LogP contribution in [0.3, 0.4) is 0 Å². The van der Waals surface area contributed by atoms with Crippen molar-refractivity contribution >= 4 is 0 Å². The molecule has 0 bridgehead atoms. The van der Waals surface area contributed by atoms with Gasteiger partial charge in [-0.15, -0.1) is 0 Å². The highest BCUT2D eigenvalue weighted by atomic mass is 14.9. The SMILES string of the molecule is CC1CNCCC(C)(C)C1. The van der Waals surface area contributed by atoms with Gasteiger partial charge in [-0.2, -0.15) is 0 Å². The molecular weight excluding hydrogens is 122 g/mol. The Morgan fingerprint density at radius 3 is 2.80 bits per heavy atom. The van der Waals surface area contributed by atoms with E-state index in [0.29, 0.717) is 5.41 Å². The Labute approximate surface area is 64.2 Å². The lowest BCUT2D eigenvalue weighted by Gasteiger charge is -2.23. The van der Waals surface area contributed by atoms with Gasteiger partial charge in [-0.05, 0) is 37.3 Å². The van der Waals surface area contributed by atoms with E-state index in [2.05, 4.69) is 26.1 Å². The molecule has 0 aliphatic carbocycles. The smallest absolute Gasteiger partial charge is 0.00229 e. The molecule has 1 aliphatic heterocycles. The fraction of sp³-hybridized carbons (Fsp3) is 1.00. The zero-order valence-electron chi connectivity index (χ0n) is 7.41. The minimum atomic E-state index is 0.572. The van der Waals surface area contributed by atoms with Crippen LogP contribution in [0.2, 0.25) is 0 Å². The summed E-state index contributed by atoms with van der Waals surface area (Å²) in [7, 11) is 0. The lowest BCUT2D eigenvalue weighted by molar-refractivity contribution is 0.287. The van der Waals surface area contributed by atoms with Crippen LogP contribution in [-0.4, -0.2) is 13.1 Å². The maximum atomic E-state index is 3.45. The Morgan fingerprint density at radius 2 is 2.10 bits per heavy atom. The molecule has 0 spiro atoms. The maximum Gasteiger partial charge on any atom is -0.00229 e. The van der Waals surface area contributed by atoms with Gasteiger partial charge in [0.2, 0.25) is 0 Å². The Morgan fingerprint density at radius 1 is 1.40 bits per heavy atom. The van der Waals surface area contributed by atoms with Gasteiger partial charge in [0.1, 0.15) is 0 Å². The van der Waals surface area contributed by atoms with E-state index < -0.39 is 0 Å². The molecule has 10 heavy (non-hydrogen) atoms. The van der Waals surface area contributed by atoms with E-state index in [4.69, 9.17) is 0 Å². The fourth-order valence-electron chi connectivity index (χ4n) is 1.89. The number of hydrogen-bond acceptors (Lipinski definition) is 1. The summed E-state index contributed by atoms with van der Waals surface area (Å²) in [5, 5.41) is 3.45. The standard InChI is InChI=1S/C9H19N/c1-8-6-9(2,3)4-5-10-7-8/h8,10H,4-7H2,1-3H3. The first-order valence-corrected chi connectivity index (χ1v) is 4.31. The second kappa shape index (κ2) is 2.91. The zero-order valence-corrected chi connectivity index (χ0v) is 7.41. The molecule has 1 heteroatoms.